The fourth-order valence-electron chi connectivity index (χ4n) is 6.38. The molecule has 0 saturated heterocycles. The summed E-state index contributed by atoms with van der Waals surface area (Å²) >= 11 is 1.26. The van der Waals surface area contributed by atoms with E-state index < -0.39 is 25.3 Å². The van der Waals surface area contributed by atoms with Gasteiger partial charge in [-0.3, -0.25) is 0 Å². The molecule has 0 amide bonds. The first-order chi connectivity index (χ1) is 21.1. The van der Waals surface area contributed by atoms with Gasteiger partial charge in [0.2, 0.25) is 5.88 Å². The Balaban J connectivity index is 2.11. The molecule has 0 aliphatic heterocycles. The minimum Gasteiger partial charge on any atom is -0.471 e. The average molecular weight is 651 g/mol. The fraction of sp³-hybridized carbons (Fsp3) is 0.444. The van der Waals surface area contributed by atoms with Gasteiger partial charge in [-0.2, -0.15) is 4.98 Å². The first-order valence-electron chi connectivity index (χ1n) is 15.3. The Kier molecular flexibility index (Phi) is 10.5. The van der Waals surface area contributed by atoms with Crippen molar-refractivity contribution in [2.45, 2.75) is 89.7 Å². The summed E-state index contributed by atoms with van der Waals surface area (Å²) in [5, 5.41) is 1.89. The maximum absolute atomic E-state index is 16.8. The number of halogens is 2. The van der Waals surface area contributed by atoms with Crippen LogP contribution in [0.5, 0.6) is 11.6 Å². The molecule has 0 spiro atoms. The number of nitrogens with zero attached hydrogens (tertiary/aromatic N) is 2. The molecule has 240 valence electrons. The molecule has 3 aromatic carbocycles. The zero-order valence-corrected chi connectivity index (χ0v) is 30.0. The predicted octanol–water partition coefficient (Wildman–Crippen LogP) is 10.2. The lowest BCUT2D eigenvalue weighted by molar-refractivity contribution is 0.0512. The highest BCUT2D eigenvalue weighted by atomic mass is 32.2. The van der Waals surface area contributed by atoms with E-state index in [0.29, 0.717) is 44.0 Å². The minimum absolute atomic E-state index is 0.0176. The third kappa shape index (κ3) is 6.98. The minimum atomic E-state index is -2.10. The molecular weight excluding hydrogens is 607 g/mol. The summed E-state index contributed by atoms with van der Waals surface area (Å²) in [4.78, 5) is 8.91. The molecule has 1 heterocycles. The molecule has 0 bridgehead atoms. The van der Waals surface area contributed by atoms with E-state index >= 15 is 8.78 Å². The summed E-state index contributed by atoms with van der Waals surface area (Å²) in [6.45, 7) is 19.1. The van der Waals surface area contributed by atoms with Crippen LogP contribution in [-0.4, -0.2) is 43.8 Å². The highest BCUT2D eigenvalue weighted by Crippen LogP contribution is 2.43. The van der Waals surface area contributed by atoms with Gasteiger partial charge < -0.3 is 14.2 Å². The number of thioether (sulfide) groups is 1. The van der Waals surface area contributed by atoms with E-state index in [9.17, 15) is 0 Å². The van der Waals surface area contributed by atoms with E-state index in [1.165, 1.54) is 24.9 Å². The van der Waals surface area contributed by atoms with Crippen LogP contribution in [0.4, 0.5) is 8.78 Å². The predicted molar refractivity (Wildman–Crippen MR) is 185 cm³/mol. The SMILES string of the molecule is COCOc1cc(-c2c(F)cc3c(OC(C)(C)C)nc(SC)nc3c2F)c2c(C#C[Si](C(C)C)(C(C)C)C(C)C)cccc2c1. The van der Waals surface area contributed by atoms with Crippen molar-refractivity contribution < 1.29 is 23.0 Å². The van der Waals surface area contributed by atoms with Crippen molar-refractivity contribution >= 4 is 41.5 Å². The summed E-state index contributed by atoms with van der Waals surface area (Å²) in [6.07, 6.45) is 1.80. The van der Waals surface area contributed by atoms with Gasteiger partial charge in [-0.15, -0.1) is 5.54 Å². The Bertz CT molecular complexity index is 1750. The zero-order valence-electron chi connectivity index (χ0n) is 28.2. The van der Waals surface area contributed by atoms with Crippen LogP contribution in [0.25, 0.3) is 32.8 Å². The van der Waals surface area contributed by atoms with E-state index in [1.807, 2.05) is 45.0 Å². The number of hydrogen-bond acceptors (Lipinski definition) is 6. The van der Waals surface area contributed by atoms with Crippen LogP contribution in [0.1, 0.15) is 67.9 Å². The number of fused-ring (bicyclic) bond motifs is 2. The zero-order chi connectivity index (χ0) is 33.3. The van der Waals surface area contributed by atoms with Gasteiger partial charge in [-0.05, 0) is 73.3 Å². The second kappa shape index (κ2) is 13.7. The van der Waals surface area contributed by atoms with Crippen LogP contribution in [0.3, 0.4) is 0 Å². The molecule has 0 saturated carbocycles. The Hall–Kier alpha value is -3.19. The van der Waals surface area contributed by atoms with E-state index in [0.717, 1.165) is 5.39 Å². The topological polar surface area (TPSA) is 53.5 Å². The van der Waals surface area contributed by atoms with Crippen LogP contribution in [-0.2, 0) is 4.74 Å². The van der Waals surface area contributed by atoms with Crippen LogP contribution in [0.15, 0.2) is 41.6 Å². The van der Waals surface area contributed by atoms with Crippen molar-refractivity contribution in [3.05, 3.63) is 53.6 Å². The van der Waals surface area contributed by atoms with Gasteiger partial charge in [-0.25, -0.2) is 13.8 Å². The maximum Gasteiger partial charge on any atom is 0.226 e. The lowest BCUT2D eigenvalue weighted by Gasteiger charge is -2.38. The van der Waals surface area contributed by atoms with Crippen LogP contribution in [0.2, 0.25) is 16.6 Å². The monoisotopic (exact) mass is 650 g/mol. The van der Waals surface area contributed by atoms with Crippen molar-refractivity contribution in [3.8, 4) is 34.2 Å². The molecule has 0 aliphatic carbocycles. The summed E-state index contributed by atoms with van der Waals surface area (Å²) in [5.41, 5.74) is 5.24. The second-order valence-corrected chi connectivity index (χ2v) is 19.6. The molecule has 0 unspecified atom stereocenters. The summed E-state index contributed by atoms with van der Waals surface area (Å²) in [7, 11) is -0.581. The lowest BCUT2D eigenvalue weighted by atomic mass is 9.93. The third-order valence-corrected chi connectivity index (χ3v) is 15.1. The number of ether oxygens (including phenoxy) is 3. The van der Waals surface area contributed by atoms with Crippen molar-refractivity contribution in [2.75, 3.05) is 20.2 Å². The molecule has 0 aliphatic rings. The molecule has 1 aromatic heterocycles. The fourth-order valence-corrected chi connectivity index (χ4v) is 11.9. The first kappa shape index (κ1) is 34.7. The highest BCUT2D eigenvalue weighted by molar-refractivity contribution is 7.98. The molecule has 0 N–H and O–H groups in total. The number of benzene rings is 3. The van der Waals surface area contributed by atoms with E-state index in [2.05, 4.69) is 63.0 Å². The smallest absolute Gasteiger partial charge is 0.226 e. The number of hydrogen-bond donors (Lipinski definition) is 0. The molecule has 0 fully saturated rings. The van der Waals surface area contributed by atoms with Crippen LogP contribution >= 0.6 is 11.8 Å². The van der Waals surface area contributed by atoms with E-state index in [-0.39, 0.29) is 29.1 Å². The summed E-state index contributed by atoms with van der Waals surface area (Å²) < 4.78 is 50.1. The summed E-state index contributed by atoms with van der Waals surface area (Å²) in [5.74, 6) is 2.52. The quantitative estimate of drug-likeness (QED) is 0.0591. The van der Waals surface area contributed by atoms with E-state index in [1.54, 1.807) is 12.3 Å². The van der Waals surface area contributed by atoms with Gasteiger partial charge in [-0.1, -0.05) is 71.4 Å². The molecule has 9 heteroatoms. The van der Waals surface area contributed by atoms with Gasteiger partial charge in [0.25, 0.3) is 0 Å². The van der Waals surface area contributed by atoms with Gasteiger partial charge in [0.1, 0.15) is 30.8 Å². The molecule has 45 heavy (non-hydrogen) atoms. The van der Waals surface area contributed by atoms with Gasteiger partial charge in [0, 0.05) is 23.6 Å². The van der Waals surface area contributed by atoms with Gasteiger partial charge >= 0.3 is 0 Å². The summed E-state index contributed by atoms with van der Waals surface area (Å²) in [6, 6.07) is 10.5. The van der Waals surface area contributed by atoms with Crippen molar-refractivity contribution in [1.82, 2.24) is 9.97 Å². The molecule has 0 radical (unpaired) electrons. The van der Waals surface area contributed by atoms with Crippen molar-refractivity contribution in [2.24, 2.45) is 0 Å². The third-order valence-electron chi connectivity index (χ3n) is 8.26. The standard InChI is InChI=1S/C36H44F2N2O3SSi/c1-21(2)45(22(3)4,23(5)6)16-15-24-13-12-14-25-17-26(42-20-41-10)18-27(30(24)25)31-29(37)19-28-33(32(31)38)39-35(44-11)40-34(28)43-36(7,8)9/h12-14,17-19,21-23H,20H2,1-11H3. The molecule has 4 rings (SSSR count). The van der Waals surface area contributed by atoms with Crippen LogP contribution < -0.4 is 9.47 Å². The largest absolute Gasteiger partial charge is 0.471 e. The molecule has 0 atom stereocenters. The normalized spacial score (nSPS) is 12.4. The van der Waals surface area contributed by atoms with Crippen molar-refractivity contribution in [3.63, 3.8) is 0 Å². The highest BCUT2D eigenvalue weighted by Gasteiger charge is 2.41. The number of aromatic nitrogens is 2. The Morgan fingerprint density at radius 1 is 0.956 bits per heavy atom. The Labute approximate surface area is 271 Å². The molecular formula is C36H44F2N2O3SSi. The van der Waals surface area contributed by atoms with E-state index in [4.69, 9.17) is 14.2 Å². The van der Waals surface area contributed by atoms with Gasteiger partial charge in [0.15, 0.2) is 17.8 Å². The Morgan fingerprint density at radius 3 is 2.20 bits per heavy atom. The van der Waals surface area contributed by atoms with Crippen molar-refractivity contribution in [1.29, 1.82) is 0 Å². The molecule has 5 nitrogen and oxygen atoms in total. The number of rotatable bonds is 9. The second-order valence-electron chi connectivity index (χ2n) is 13.2. The molecule has 4 aromatic rings. The first-order valence-corrected chi connectivity index (χ1v) is 18.7. The lowest BCUT2D eigenvalue weighted by Crippen LogP contribution is -2.43. The van der Waals surface area contributed by atoms with Gasteiger partial charge in [0.05, 0.1) is 10.9 Å². The Morgan fingerprint density at radius 2 is 1.62 bits per heavy atom. The van der Waals surface area contributed by atoms with Crippen LogP contribution in [0, 0.1) is 23.1 Å². The maximum atomic E-state index is 16.8. The average Bonchev–Trinajstić information content (AvgIpc) is 2.95. The number of methoxy groups -OCH3 is 1.